The summed E-state index contributed by atoms with van der Waals surface area (Å²) >= 11 is 9.40. The highest BCUT2D eigenvalue weighted by Crippen LogP contribution is 2.37. The van der Waals surface area contributed by atoms with E-state index in [4.69, 9.17) is 16.3 Å². The van der Waals surface area contributed by atoms with Crippen LogP contribution in [-0.4, -0.2) is 27.7 Å². The SMILES string of the molecule is Cc1ccc(N2C(=O)NC(=O)/C(=C\c3ccc(Oc4ccc([N+](=O)[O-])cc4[N+](=O)[O-])c(Br)c3)C2=O)cc1Cl. The molecule has 1 heterocycles. The molecule has 1 fully saturated rings. The third kappa shape index (κ3) is 5.23. The Morgan fingerprint density at radius 1 is 0.974 bits per heavy atom. The van der Waals surface area contributed by atoms with Crippen molar-refractivity contribution in [3.8, 4) is 11.5 Å². The first-order chi connectivity index (χ1) is 18.0. The molecule has 1 aliphatic heterocycles. The molecular weight excluding hydrogens is 588 g/mol. The van der Waals surface area contributed by atoms with Gasteiger partial charge in [0.25, 0.3) is 17.5 Å². The maximum atomic E-state index is 13.1. The summed E-state index contributed by atoms with van der Waals surface area (Å²) in [5.41, 5.74) is -0.136. The second kappa shape index (κ2) is 10.4. The quantitative estimate of drug-likeness (QED) is 0.163. The van der Waals surface area contributed by atoms with Crippen molar-refractivity contribution in [1.29, 1.82) is 0 Å². The number of nitro benzene ring substituents is 2. The zero-order valence-electron chi connectivity index (χ0n) is 19.1. The Hall–Kier alpha value is -4.62. The van der Waals surface area contributed by atoms with Crippen molar-refractivity contribution in [2.24, 2.45) is 0 Å². The van der Waals surface area contributed by atoms with Crippen molar-refractivity contribution < 1.29 is 29.0 Å². The third-order valence-corrected chi connectivity index (χ3v) is 6.38. The highest BCUT2D eigenvalue weighted by molar-refractivity contribution is 9.10. The Labute approximate surface area is 226 Å². The van der Waals surface area contributed by atoms with E-state index in [1.807, 2.05) is 0 Å². The van der Waals surface area contributed by atoms with Crippen LogP contribution < -0.4 is 15.0 Å². The minimum absolute atomic E-state index is 0.120. The number of rotatable bonds is 6. The number of nitrogens with zero attached hydrogens (tertiary/aromatic N) is 3. The van der Waals surface area contributed by atoms with Gasteiger partial charge in [-0.2, -0.15) is 0 Å². The number of carbonyl (C=O) groups is 3. The fourth-order valence-corrected chi connectivity index (χ4v) is 4.09. The minimum Gasteiger partial charge on any atom is -0.449 e. The molecule has 3 aromatic carbocycles. The fraction of sp³-hybridized carbons (Fsp3) is 0.0417. The number of hydrogen-bond donors (Lipinski definition) is 1. The topological polar surface area (TPSA) is 162 Å². The maximum Gasteiger partial charge on any atom is 0.335 e. The highest BCUT2D eigenvalue weighted by atomic mass is 79.9. The number of ether oxygens (including phenoxy) is 1. The van der Waals surface area contributed by atoms with Gasteiger partial charge in [0.2, 0.25) is 5.75 Å². The van der Waals surface area contributed by atoms with Gasteiger partial charge >= 0.3 is 11.7 Å². The largest absolute Gasteiger partial charge is 0.449 e. The fourth-order valence-electron chi connectivity index (χ4n) is 3.44. The van der Waals surface area contributed by atoms with E-state index in [1.54, 1.807) is 13.0 Å². The molecule has 0 atom stereocenters. The van der Waals surface area contributed by atoms with Crippen molar-refractivity contribution in [3.05, 3.63) is 101 Å². The Morgan fingerprint density at radius 2 is 1.68 bits per heavy atom. The van der Waals surface area contributed by atoms with Crippen LogP contribution in [0.4, 0.5) is 21.9 Å². The standard InChI is InChI=1S/C24H14BrClN4O8/c1-12-2-4-14(10-18(12)26)28-23(32)16(22(31)27-24(28)33)8-13-3-6-20(17(25)9-13)38-21-7-5-15(29(34)35)11-19(21)30(36)37/h2-11H,1H3,(H,27,31,33)/b16-8+. The Bertz CT molecular complexity index is 1590. The van der Waals surface area contributed by atoms with Crippen LogP contribution in [-0.2, 0) is 9.59 Å². The smallest absolute Gasteiger partial charge is 0.335 e. The average molecular weight is 602 g/mol. The number of barbiturate groups is 1. The van der Waals surface area contributed by atoms with Gasteiger partial charge in [-0.1, -0.05) is 23.7 Å². The molecule has 192 valence electrons. The zero-order valence-corrected chi connectivity index (χ0v) is 21.5. The molecule has 0 aliphatic carbocycles. The van der Waals surface area contributed by atoms with Crippen LogP contribution in [0, 0.1) is 27.2 Å². The lowest BCUT2D eigenvalue weighted by Gasteiger charge is -2.26. The van der Waals surface area contributed by atoms with Crippen LogP contribution in [0.5, 0.6) is 11.5 Å². The molecule has 3 aromatic rings. The zero-order chi connectivity index (χ0) is 27.7. The predicted molar refractivity (Wildman–Crippen MR) is 139 cm³/mol. The van der Waals surface area contributed by atoms with Gasteiger partial charge in [-0.15, -0.1) is 0 Å². The van der Waals surface area contributed by atoms with Crippen molar-refractivity contribution >= 4 is 68.5 Å². The number of anilines is 1. The molecule has 38 heavy (non-hydrogen) atoms. The first kappa shape index (κ1) is 26.4. The molecule has 1 saturated heterocycles. The van der Waals surface area contributed by atoms with Gasteiger partial charge in [-0.05, 0) is 70.4 Å². The maximum absolute atomic E-state index is 13.1. The number of urea groups is 1. The van der Waals surface area contributed by atoms with Gasteiger partial charge in [0.1, 0.15) is 11.3 Å². The molecule has 0 unspecified atom stereocenters. The Morgan fingerprint density at radius 3 is 2.32 bits per heavy atom. The van der Waals surface area contributed by atoms with E-state index in [0.717, 1.165) is 28.7 Å². The minimum atomic E-state index is -0.924. The van der Waals surface area contributed by atoms with Crippen molar-refractivity contribution in [3.63, 3.8) is 0 Å². The highest BCUT2D eigenvalue weighted by Gasteiger charge is 2.37. The molecule has 12 nitrogen and oxygen atoms in total. The summed E-state index contributed by atoms with van der Waals surface area (Å²) in [7, 11) is 0. The molecule has 4 amide bonds. The number of aryl methyl sites for hydroxylation is 1. The summed E-state index contributed by atoms with van der Waals surface area (Å²) in [6.07, 6.45) is 1.26. The number of hydrogen-bond acceptors (Lipinski definition) is 8. The summed E-state index contributed by atoms with van der Waals surface area (Å²) < 4.78 is 5.88. The molecule has 4 rings (SSSR count). The van der Waals surface area contributed by atoms with Crippen LogP contribution in [0.3, 0.4) is 0 Å². The van der Waals surface area contributed by atoms with Crippen LogP contribution in [0.2, 0.25) is 5.02 Å². The van der Waals surface area contributed by atoms with Crippen molar-refractivity contribution in [2.45, 2.75) is 6.92 Å². The van der Waals surface area contributed by atoms with Gasteiger partial charge in [0.05, 0.1) is 26.1 Å². The number of non-ortho nitro benzene ring substituents is 1. The Kier molecular flexibility index (Phi) is 7.23. The van der Waals surface area contributed by atoms with Crippen LogP contribution in [0.25, 0.3) is 6.08 Å². The van der Waals surface area contributed by atoms with Gasteiger partial charge in [0, 0.05) is 11.1 Å². The summed E-state index contributed by atoms with van der Waals surface area (Å²) in [6, 6.07) is 11.0. The van der Waals surface area contributed by atoms with Crippen LogP contribution >= 0.6 is 27.5 Å². The molecule has 0 spiro atoms. The molecule has 0 aromatic heterocycles. The van der Waals surface area contributed by atoms with Crippen molar-refractivity contribution in [1.82, 2.24) is 5.32 Å². The molecule has 14 heteroatoms. The van der Waals surface area contributed by atoms with Gasteiger partial charge in [0.15, 0.2) is 0 Å². The molecule has 1 N–H and O–H groups in total. The molecule has 0 saturated carbocycles. The van der Waals surface area contributed by atoms with Crippen LogP contribution in [0.15, 0.2) is 64.6 Å². The number of carbonyl (C=O) groups excluding carboxylic acids is 3. The van der Waals surface area contributed by atoms with E-state index in [9.17, 15) is 34.6 Å². The number of benzene rings is 3. The average Bonchev–Trinajstić information content (AvgIpc) is 2.85. The lowest BCUT2D eigenvalue weighted by atomic mass is 10.1. The lowest BCUT2D eigenvalue weighted by Crippen LogP contribution is -2.54. The monoisotopic (exact) mass is 600 g/mol. The number of nitro groups is 2. The van der Waals surface area contributed by atoms with Crippen LogP contribution in [0.1, 0.15) is 11.1 Å². The normalized spacial score (nSPS) is 14.4. The van der Waals surface area contributed by atoms with Crippen molar-refractivity contribution in [2.75, 3.05) is 4.90 Å². The number of nitrogens with one attached hydrogen (secondary N) is 1. The number of imide groups is 2. The molecule has 0 bridgehead atoms. The summed E-state index contributed by atoms with van der Waals surface area (Å²) in [5, 5.41) is 24.8. The Balaban J connectivity index is 1.64. The first-order valence-electron chi connectivity index (χ1n) is 10.5. The third-order valence-electron chi connectivity index (χ3n) is 5.35. The summed E-state index contributed by atoms with van der Waals surface area (Å²) in [4.78, 5) is 59.5. The molecular formula is C24H14BrClN4O8. The number of halogens is 2. The summed E-state index contributed by atoms with van der Waals surface area (Å²) in [6.45, 7) is 1.75. The van der Waals surface area contributed by atoms with Gasteiger partial charge in [-0.25, -0.2) is 9.69 Å². The van der Waals surface area contributed by atoms with E-state index in [0.29, 0.717) is 15.1 Å². The lowest BCUT2D eigenvalue weighted by molar-refractivity contribution is -0.394. The second-order valence-electron chi connectivity index (χ2n) is 7.85. The van der Waals surface area contributed by atoms with E-state index in [-0.39, 0.29) is 22.8 Å². The van der Waals surface area contributed by atoms with E-state index in [2.05, 4.69) is 21.2 Å². The van der Waals surface area contributed by atoms with Gasteiger partial charge in [-0.3, -0.25) is 35.1 Å². The first-order valence-corrected chi connectivity index (χ1v) is 11.7. The molecule has 0 radical (unpaired) electrons. The second-order valence-corrected chi connectivity index (χ2v) is 9.11. The summed E-state index contributed by atoms with van der Waals surface area (Å²) in [5.74, 6) is -1.88. The van der Waals surface area contributed by atoms with Gasteiger partial charge < -0.3 is 4.74 Å². The van der Waals surface area contributed by atoms with E-state index >= 15 is 0 Å². The predicted octanol–water partition coefficient (Wildman–Crippen LogP) is 5.69. The van der Waals surface area contributed by atoms with E-state index < -0.39 is 39.1 Å². The molecule has 1 aliphatic rings. The number of amides is 4. The van der Waals surface area contributed by atoms with E-state index in [1.165, 1.54) is 36.4 Å².